The third kappa shape index (κ3) is 5.78. The van der Waals surface area contributed by atoms with Crippen LogP contribution in [-0.2, 0) is 24.4 Å². The van der Waals surface area contributed by atoms with Crippen molar-refractivity contribution in [2.45, 2.75) is 39.0 Å². The molecule has 28 heavy (non-hydrogen) atoms. The smallest absolute Gasteiger partial charge is 0.330 e. The highest BCUT2D eigenvalue weighted by molar-refractivity contribution is 9.10. The van der Waals surface area contributed by atoms with Gasteiger partial charge < -0.3 is 9.64 Å². The highest BCUT2D eigenvalue weighted by Gasteiger charge is 2.40. The van der Waals surface area contributed by atoms with Crippen LogP contribution in [0.1, 0.15) is 28.5 Å². The number of aromatic nitrogens is 2. The van der Waals surface area contributed by atoms with Crippen LogP contribution in [0.5, 0.6) is 0 Å². The van der Waals surface area contributed by atoms with Crippen molar-refractivity contribution >= 4 is 21.8 Å². The van der Waals surface area contributed by atoms with Gasteiger partial charge in [0.15, 0.2) is 0 Å². The molecule has 0 fully saturated rings. The van der Waals surface area contributed by atoms with E-state index in [1.165, 1.54) is 11.0 Å². The maximum Gasteiger partial charge on any atom is 0.330 e. The molecule has 154 valence electrons. The lowest BCUT2D eigenvalue weighted by Crippen LogP contribution is -2.32. The Bertz CT molecular complexity index is 814. The van der Waals surface area contributed by atoms with Gasteiger partial charge in [-0.05, 0) is 40.5 Å². The Labute approximate surface area is 168 Å². The fourth-order valence-electron chi connectivity index (χ4n) is 2.39. The first-order chi connectivity index (χ1) is 13.1. The van der Waals surface area contributed by atoms with Crippen molar-refractivity contribution in [1.82, 2.24) is 14.7 Å². The zero-order valence-corrected chi connectivity index (χ0v) is 16.9. The number of alkyl halides is 4. The van der Waals surface area contributed by atoms with Gasteiger partial charge in [-0.3, -0.25) is 9.48 Å². The summed E-state index contributed by atoms with van der Waals surface area (Å²) < 4.78 is 57.3. The minimum atomic E-state index is -4.21. The van der Waals surface area contributed by atoms with Crippen LogP contribution < -0.4 is 0 Å². The maximum atomic E-state index is 12.9. The van der Waals surface area contributed by atoms with E-state index in [1.54, 1.807) is 29.9 Å². The molecule has 2 aromatic rings. The Balaban J connectivity index is 1.99. The standard InChI is InChI=1S/C18H20BrF4N3O2/c1-3-26-8-14(19)15(24-26)9-25(2)16(27)13-6-4-5-12(7-13)10-28-11-18(22,23)17(20)21/h4-8,17H,3,9-11H2,1-2H3. The summed E-state index contributed by atoms with van der Waals surface area (Å²) in [6.45, 7) is 1.22. The monoisotopic (exact) mass is 465 g/mol. The molecule has 0 N–H and O–H groups in total. The van der Waals surface area contributed by atoms with Crippen LogP contribution in [0.4, 0.5) is 17.6 Å². The second-order valence-corrected chi connectivity index (χ2v) is 7.05. The molecule has 2 rings (SSSR count). The molecule has 0 saturated carbocycles. The summed E-state index contributed by atoms with van der Waals surface area (Å²) in [5.41, 5.74) is 1.46. The molecule has 0 spiro atoms. The van der Waals surface area contributed by atoms with Gasteiger partial charge in [-0.25, -0.2) is 8.78 Å². The lowest BCUT2D eigenvalue weighted by Gasteiger charge is -2.17. The fraction of sp³-hybridized carbons (Fsp3) is 0.444. The number of ether oxygens (including phenoxy) is 1. The molecule has 10 heteroatoms. The molecular weight excluding hydrogens is 446 g/mol. The number of benzene rings is 1. The van der Waals surface area contributed by atoms with E-state index in [0.29, 0.717) is 23.4 Å². The van der Waals surface area contributed by atoms with E-state index in [1.807, 2.05) is 13.1 Å². The molecule has 1 amide bonds. The van der Waals surface area contributed by atoms with E-state index < -0.39 is 19.0 Å². The minimum absolute atomic E-state index is 0.272. The molecule has 0 aliphatic heterocycles. The Hall–Kier alpha value is -1.94. The lowest BCUT2D eigenvalue weighted by molar-refractivity contribution is -0.168. The number of amides is 1. The maximum absolute atomic E-state index is 12.9. The first-order valence-electron chi connectivity index (χ1n) is 8.44. The number of nitrogens with zero attached hydrogens (tertiary/aromatic N) is 3. The number of carbonyl (C=O) groups is 1. The van der Waals surface area contributed by atoms with Crippen molar-refractivity contribution in [3.05, 3.63) is 51.8 Å². The van der Waals surface area contributed by atoms with Crippen LogP contribution in [0.15, 0.2) is 34.9 Å². The number of carbonyl (C=O) groups excluding carboxylic acids is 1. The minimum Gasteiger partial charge on any atom is -0.370 e. The van der Waals surface area contributed by atoms with Crippen molar-refractivity contribution in [3.63, 3.8) is 0 Å². The molecule has 1 heterocycles. The van der Waals surface area contributed by atoms with Crippen LogP contribution in [0.2, 0.25) is 0 Å². The molecule has 0 aliphatic rings. The molecule has 5 nitrogen and oxygen atoms in total. The molecular formula is C18H20BrF4N3O2. The van der Waals surface area contributed by atoms with Crippen molar-refractivity contribution in [2.75, 3.05) is 13.7 Å². The fourth-order valence-corrected chi connectivity index (χ4v) is 2.83. The zero-order valence-electron chi connectivity index (χ0n) is 15.3. The Kier molecular flexibility index (Phi) is 7.59. The average molecular weight is 466 g/mol. The molecule has 0 radical (unpaired) electrons. The summed E-state index contributed by atoms with van der Waals surface area (Å²) >= 11 is 3.41. The van der Waals surface area contributed by atoms with Crippen molar-refractivity contribution in [1.29, 1.82) is 0 Å². The predicted octanol–water partition coefficient (Wildman–Crippen LogP) is 4.35. The van der Waals surface area contributed by atoms with Crippen LogP contribution in [0, 0.1) is 0 Å². The topological polar surface area (TPSA) is 47.4 Å². The summed E-state index contributed by atoms with van der Waals surface area (Å²) in [4.78, 5) is 14.1. The van der Waals surface area contributed by atoms with Gasteiger partial charge in [0.1, 0.15) is 6.61 Å². The van der Waals surface area contributed by atoms with Gasteiger partial charge in [0.25, 0.3) is 5.91 Å². The Morgan fingerprint density at radius 2 is 2.11 bits per heavy atom. The van der Waals surface area contributed by atoms with Gasteiger partial charge in [0.2, 0.25) is 0 Å². The first kappa shape index (κ1) is 22.4. The number of aryl methyl sites for hydroxylation is 1. The third-order valence-electron chi connectivity index (χ3n) is 3.90. The molecule has 0 atom stereocenters. The number of rotatable bonds is 9. The summed E-state index contributed by atoms with van der Waals surface area (Å²) in [7, 11) is 1.62. The predicted molar refractivity (Wildman–Crippen MR) is 98.4 cm³/mol. The normalized spacial score (nSPS) is 11.9. The molecule has 1 aromatic heterocycles. The third-order valence-corrected chi connectivity index (χ3v) is 4.56. The zero-order chi connectivity index (χ0) is 20.9. The van der Waals surface area contributed by atoms with Crippen LogP contribution in [-0.4, -0.2) is 46.6 Å². The average Bonchev–Trinajstić information content (AvgIpc) is 3.00. The van der Waals surface area contributed by atoms with Crippen LogP contribution >= 0.6 is 15.9 Å². The second kappa shape index (κ2) is 9.51. The highest BCUT2D eigenvalue weighted by atomic mass is 79.9. The molecule has 0 saturated heterocycles. The largest absolute Gasteiger partial charge is 0.370 e. The van der Waals surface area contributed by atoms with E-state index in [-0.39, 0.29) is 19.1 Å². The number of hydrogen-bond acceptors (Lipinski definition) is 3. The highest BCUT2D eigenvalue weighted by Crippen LogP contribution is 2.23. The van der Waals surface area contributed by atoms with E-state index in [9.17, 15) is 22.4 Å². The van der Waals surface area contributed by atoms with Gasteiger partial charge in [-0.1, -0.05) is 12.1 Å². The molecule has 0 aliphatic carbocycles. The van der Waals surface area contributed by atoms with Gasteiger partial charge in [0, 0.05) is 25.4 Å². The van der Waals surface area contributed by atoms with Crippen molar-refractivity contribution < 1.29 is 27.1 Å². The summed E-state index contributed by atoms with van der Waals surface area (Å²) in [5.74, 6) is -4.50. The molecule has 0 unspecified atom stereocenters. The Morgan fingerprint density at radius 1 is 1.39 bits per heavy atom. The van der Waals surface area contributed by atoms with E-state index >= 15 is 0 Å². The summed E-state index contributed by atoms with van der Waals surface area (Å²) in [6.07, 6.45) is -1.97. The van der Waals surface area contributed by atoms with Crippen LogP contribution in [0.3, 0.4) is 0 Å². The second-order valence-electron chi connectivity index (χ2n) is 6.20. The quantitative estimate of drug-likeness (QED) is 0.517. The SMILES string of the molecule is CCn1cc(Br)c(CN(C)C(=O)c2cccc(COCC(F)(F)C(F)F)c2)n1. The molecule has 1 aromatic carbocycles. The van der Waals surface area contributed by atoms with Gasteiger partial charge in [-0.15, -0.1) is 0 Å². The Morgan fingerprint density at radius 3 is 2.71 bits per heavy atom. The first-order valence-corrected chi connectivity index (χ1v) is 9.23. The summed E-state index contributed by atoms with van der Waals surface area (Å²) in [5, 5.41) is 4.36. The van der Waals surface area contributed by atoms with E-state index in [2.05, 4.69) is 21.0 Å². The molecule has 0 bridgehead atoms. The number of hydrogen-bond donors (Lipinski definition) is 0. The van der Waals surface area contributed by atoms with Gasteiger partial charge in [-0.2, -0.15) is 13.9 Å². The van der Waals surface area contributed by atoms with Crippen LogP contribution in [0.25, 0.3) is 0 Å². The van der Waals surface area contributed by atoms with Gasteiger partial charge >= 0.3 is 12.3 Å². The van der Waals surface area contributed by atoms with Crippen molar-refractivity contribution in [2.24, 2.45) is 0 Å². The van der Waals surface area contributed by atoms with E-state index in [4.69, 9.17) is 4.74 Å². The lowest BCUT2D eigenvalue weighted by atomic mass is 10.1. The van der Waals surface area contributed by atoms with Gasteiger partial charge in [0.05, 0.1) is 23.3 Å². The summed E-state index contributed by atoms with van der Waals surface area (Å²) in [6, 6.07) is 6.21. The van der Waals surface area contributed by atoms with Crippen molar-refractivity contribution in [3.8, 4) is 0 Å². The number of halogens is 5. The van der Waals surface area contributed by atoms with E-state index in [0.717, 1.165) is 4.47 Å².